The minimum atomic E-state index is -0.503. The summed E-state index contributed by atoms with van der Waals surface area (Å²) in [4.78, 5) is 11.6. The quantitative estimate of drug-likeness (QED) is 0.699. The molecule has 0 aromatic heterocycles. The van der Waals surface area contributed by atoms with E-state index in [0.29, 0.717) is 12.5 Å². The average molecular weight is 243 g/mol. The number of carbonyl (C=O) groups excluding carboxylic acids is 1. The third-order valence-electron chi connectivity index (χ3n) is 3.69. The Hall–Kier alpha value is -0.570. The van der Waals surface area contributed by atoms with Crippen LogP contribution in [-0.4, -0.2) is 18.6 Å². The number of ether oxygens (including phenoxy) is 1. The lowest BCUT2D eigenvalue weighted by Gasteiger charge is -2.31. The Balaban J connectivity index is 4.16. The van der Waals surface area contributed by atoms with Gasteiger partial charge in [0.25, 0.3) is 0 Å². The summed E-state index contributed by atoms with van der Waals surface area (Å²) in [7, 11) is 0. The Morgan fingerprint density at radius 3 is 2.24 bits per heavy atom. The van der Waals surface area contributed by atoms with Gasteiger partial charge >= 0.3 is 5.97 Å². The van der Waals surface area contributed by atoms with E-state index in [0.717, 1.165) is 12.8 Å². The van der Waals surface area contributed by atoms with Crippen molar-refractivity contribution < 1.29 is 9.53 Å². The molecular formula is C14H29NO2. The van der Waals surface area contributed by atoms with Crippen molar-refractivity contribution in [2.75, 3.05) is 6.61 Å². The average Bonchev–Trinajstić information content (AvgIpc) is 2.23. The molecule has 0 spiro atoms. The lowest BCUT2D eigenvalue weighted by Crippen LogP contribution is -2.38. The molecule has 0 aliphatic carbocycles. The summed E-state index contributed by atoms with van der Waals surface area (Å²) in [5.41, 5.74) is 5.94. The molecule has 2 N–H and O–H groups in total. The molecule has 0 aromatic rings. The van der Waals surface area contributed by atoms with Crippen LogP contribution in [0.4, 0.5) is 0 Å². The minimum Gasteiger partial charge on any atom is -0.464 e. The molecule has 0 heterocycles. The SMILES string of the molecule is CCCC(C)(C)[C@H](C)COC(=O)[C@@H](N)C(C)C. The molecule has 0 radical (unpaired) electrons. The van der Waals surface area contributed by atoms with E-state index < -0.39 is 6.04 Å². The third-order valence-corrected chi connectivity index (χ3v) is 3.69. The van der Waals surface area contributed by atoms with Crippen molar-refractivity contribution in [2.45, 2.75) is 60.4 Å². The first-order valence-electron chi connectivity index (χ1n) is 6.64. The predicted molar refractivity (Wildman–Crippen MR) is 71.6 cm³/mol. The Labute approximate surface area is 106 Å². The molecule has 102 valence electrons. The first-order valence-corrected chi connectivity index (χ1v) is 6.64. The van der Waals surface area contributed by atoms with Crippen molar-refractivity contribution in [3.8, 4) is 0 Å². The van der Waals surface area contributed by atoms with Crippen LogP contribution in [0.2, 0.25) is 0 Å². The number of nitrogens with two attached hydrogens (primary N) is 1. The molecule has 17 heavy (non-hydrogen) atoms. The highest BCUT2D eigenvalue weighted by molar-refractivity contribution is 5.75. The number of rotatable bonds is 7. The number of carbonyl (C=O) groups is 1. The molecule has 0 aliphatic heterocycles. The molecule has 0 bridgehead atoms. The second kappa shape index (κ2) is 7.00. The largest absolute Gasteiger partial charge is 0.464 e. The van der Waals surface area contributed by atoms with E-state index in [2.05, 4.69) is 27.7 Å². The van der Waals surface area contributed by atoms with Gasteiger partial charge in [0.1, 0.15) is 6.04 Å². The van der Waals surface area contributed by atoms with Crippen molar-refractivity contribution in [1.82, 2.24) is 0 Å². The number of hydrogen-bond acceptors (Lipinski definition) is 3. The maximum Gasteiger partial charge on any atom is 0.323 e. The van der Waals surface area contributed by atoms with E-state index in [1.807, 2.05) is 13.8 Å². The zero-order valence-corrected chi connectivity index (χ0v) is 12.2. The van der Waals surface area contributed by atoms with Crippen LogP contribution in [0.5, 0.6) is 0 Å². The van der Waals surface area contributed by atoms with Crippen molar-refractivity contribution in [3.63, 3.8) is 0 Å². The molecule has 0 saturated heterocycles. The van der Waals surface area contributed by atoms with E-state index in [9.17, 15) is 4.79 Å². The zero-order valence-electron chi connectivity index (χ0n) is 12.2. The number of hydrogen-bond donors (Lipinski definition) is 1. The van der Waals surface area contributed by atoms with E-state index >= 15 is 0 Å². The maximum absolute atomic E-state index is 11.6. The first kappa shape index (κ1) is 16.4. The normalized spacial score (nSPS) is 15.8. The van der Waals surface area contributed by atoms with Gasteiger partial charge in [-0.15, -0.1) is 0 Å². The highest BCUT2D eigenvalue weighted by Gasteiger charge is 2.27. The molecule has 0 aliphatic rings. The number of esters is 1. The standard InChI is InChI=1S/C14H29NO2/c1-7-8-14(5,6)11(4)9-17-13(16)12(15)10(2)3/h10-12H,7-9,15H2,1-6H3/t11-,12+/m1/s1. The van der Waals surface area contributed by atoms with Gasteiger partial charge < -0.3 is 10.5 Å². The van der Waals surface area contributed by atoms with Crippen molar-refractivity contribution in [2.24, 2.45) is 23.0 Å². The lowest BCUT2D eigenvalue weighted by atomic mass is 9.77. The van der Waals surface area contributed by atoms with Crippen LogP contribution >= 0.6 is 0 Å². The molecule has 0 amide bonds. The van der Waals surface area contributed by atoms with Gasteiger partial charge in [-0.25, -0.2) is 0 Å². The smallest absolute Gasteiger partial charge is 0.323 e. The summed E-state index contributed by atoms with van der Waals surface area (Å²) in [6, 6.07) is -0.503. The monoisotopic (exact) mass is 243 g/mol. The topological polar surface area (TPSA) is 52.3 Å². The van der Waals surface area contributed by atoms with E-state index in [-0.39, 0.29) is 17.3 Å². The van der Waals surface area contributed by atoms with Gasteiger partial charge in [-0.1, -0.05) is 48.0 Å². The van der Waals surface area contributed by atoms with E-state index in [1.54, 1.807) is 0 Å². The second-order valence-electron chi connectivity index (χ2n) is 6.04. The van der Waals surface area contributed by atoms with Gasteiger partial charge in [0.05, 0.1) is 6.61 Å². The Morgan fingerprint density at radius 2 is 1.82 bits per heavy atom. The molecule has 0 unspecified atom stereocenters. The fraction of sp³-hybridized carbons (Fsp3) is 0.929. The zero-order chi connectivity index (χ0) is 13.6. The molecule has 0 rings (SSSR count). The van der Waals surface area contributed by atoms with Crippen molar-refractivity contribution in [3.05, 3.63) is 0 Å². The first-order chi connectivity index (χ1) is 7.72. The fourth-order valence-electron chi connectivity index (χ4n) is 1.69. The van der Waals surface area contributed by atoms with E-state index in [1.165, 1.54) is 0 Å². The summed E-state index contributed by atoms with van der Waals surface area (Å²) in [5.74, 6) is 0.200. The van der Waals surface area contributed by atoms with Gasteiger partial charge in [-0.3, -0.25) is 4.79 Å². The highest BCUT2D eigenvalue weighted by atomic mass is 16.5. The van der Waals surface area contributed by atoms with Crippen molar-refractivity contribution >= 4 is 5.97 Å². The molecule has 2 atom stereocenters. The minimum absolute atomic E-state index is 0.126. The summed E-state index contributed by atoms with van der Waals surface area (Å²) in [6.45, 7) is 13.1. The van der Waals surface area contributed by atoms with Crippen LogP contribution in [0, 0.1) is 17.3 Å². The molecule has 3 nitrogen and oxygen atoms in total. The summed E-state index contributed by atoms with van der Waals surface area (Å²) >= 11 is 0. The van der Waals surface area contributed by atoms with E-state index in [4.69, 9.17) is 10.5 Å². The van der Waals surface area contributed by atoms with Gasteiger partial charge in [0, 0.05) is 0 Å². The summed E-state index contributed by atoms with van der Waals surface area (Å²) < 4.78 is 5.30. The van der Waals surface area contributed by atoms with Crippen LogP contribution in [0.25, 0.3) is 0 Å². The van der Waals surface area contributed by atoms with Gasteiger partial charge in [-0.05, 0) is 23.7 Å². The van der Waals surface area contributed by atoms with Crippen LogP contribution in [-0.2, 0) is 9.53 Å². The molecule has 0 aromatic carbocycles. The Morgan fingerprint density at radius 1 is 1.29 bits per heavy atom. The molecule has 3 heteroatoms. The second-order valence-corrected chi connectivity index (χ2v) is 6.04. The molecule has 0 fully saturated rings. The molecule has 0 saturated carbocycles. The Bertz CT molecular complexity index is 236. The Kier molecular flexibility index (Phi) is 6.76. The fourth-order valence-corrected chi connectivity index (χ4v) is 1.69. The van der Waals surface area contributed by atoms with Gasteiger partial charge in [0.2, 0.25) is 0 Å². The highest BCUT2D eigenvalue weighted by Crippen LogP contribution is 2.31. The van der Waals surface area contributed by atoms with Gasteiger partial charge in [-0.2, -0.15) is 0 Å². The summed E-state index contributed by atoms with van der Waals surface area (Å²) in [6.07, 6.45) is 2.29. The van der Waals surface area contributed by atoms with Crippen LogP contribution in [0.15, 0.2) is 0 Å². The maximum atomic E-state index is 11.6. The van der Waals surface area contributed by atoms with Crippen LogP contribution in [0.1, 0.15) is 54.4 Å². The summed E-state index contributed by atoms with van der Waals surface area (Å²) in [5, 5.41) is 0. The third kappa shape index (κ3) is 5.53. The molecular weight excluding hydrogens is 214 g/mol. The van der Waals surface area contributed by atoms with Crippen molar-refractivity contribution in [1.29, 1.82) is 0 Å². The predicted octanol–water partition coefficient (Wildman–Crippen LogP) is 2.98. The van der Waals surface area contributed by atoms with Gasteiger partial charge in [0.15, 0.2) is 0 Å². The van der Waals surface area contributed by atoms with Crippen LogP contribution < -0.4 is 5.73 Å². The van der Waals surface area contributed by atoms with Crippen LogP contribution in [0.3, 0.4) is 0 Å². The lowest BCUT2D eigenvalue weighted by molar-refractivity contribution is -0.148.